The van der Waals surface area contributed by atoms with E-state index in [4.69, 9.17) is 5.73 Å². The second kappa shape index (κ2) is 6.71. The van der Waals surface area contributed by atoms with Crippen molar-refractivity contribution < 1.29 is 4.79 Å². The third-order valence-electron chi connectivity index (χ3n) is 3.66. The second-order valence-corrected chi connectivity index (χ2v) is 5.70. The molecule has 0 heterocycles. The first-order chi connectivity index (χ1) is 8.82. The normalized spacial score (nSPS) is 15.9. The minimum absolute atomic E-state index is 0.00918. The minimum atomic E-state index is -0.169. The van der Waals surface area contributed by atoms with Crippen LogP contribution in [0.4, 0.5) is 0 Å². The van der Waals surface area contributed by atoms with Crippen molar-refractivity contribution in [3.8, 4) is 0 Å². The lowest BCUT2D eigenvalue weighted by molar-refractivity contribution is -0.125. The molecule has 0 aliphatic carbocycles. The summed E-state index contributed by atoms with van der Waals surface area (Å²) >= 11 is 0. The average molecular weight is 262 g/mol. The Labute approximate surface area is 116 Å². The van der Waals surface area contributed by atoms with E-state index in [0.717, 1.165) is 5.56 Å². The van der Waals surface area contributed by atoms with Crippen LogP contribution in [0.2, 0.25) is 0 Å². The van der Waals surface area contributed by atoms with Gasteiger partial charge in [-0.25, -0.2) is 0 Å². The molecule has 0 aliphatic heterocycles. The van der Waals surface area contributed by atoms with Crippen LogP contribution in [0, 0.1) is 5.92 Å². The van der Waals surface area contributed by atoms with Gasteiger partial charge in [-0.1, -0.05) is 45.0 Å². The van der Waals surface area contributed by atoms with Gasteiger partial charge in [-0.2, -0.15) is 0 Å². The summed E-state index contributed by atoms with van der Waals surface area (Å²) < 4.78 is 0. The maximum atomic E-state index is 12.0. The van der Waals surface area contributed by atoms with Gasteiger partial charge in [0.25, 0.3) is 0 Å². The van der Waals surface area contributed by atoms with Crippen molar-refractivity contribution >= 4 is 5.91 Å². The average Bonchev–Trinajstić information content (AvgIpc) is 2.37. The molecule has 106 valence electrons. The number of hydrogen-bond donors (Lipinski definition) is 2. The summed E-state index contributed by atoms with van der Waals surface area (Å²) in [5.41, 5.74) is 8.17. The quantitative estimate of drug-likeness (QED) is 0.857. The van der Waals surface area contributed by atoms with Gasteiger partial charge in [-0.05, 0) is 30.9 Å². The SMILES string of the molecule is CC(C)c1ccc(C(C)NC(=O)C(C)C(C)N)cc1. The van der Waals surface area contributed by atoms with Gasteiger partial charge >= 0.3 is 0 Å². The first kappa shape index (κ1) is 15.7. The van der Waals surface area contributed by atoms with E-state index < -0.39 is 0 Å². The van der Waals surface area contributed by atoms with Crippen LogP contribution in [0.3, 0.4) is 0 Å². The highest BCUT2D eigenvalue weighted by Gasteiger charge is 2.19. The standard InChI is InChI=1S/C16H26N2O/c1-10(2)14-6-8-15(9-7-14)13(5)18-16(19)11(3)12(4)17/h6-13H,17H2,1-5H3,(H,18,19). The highest BCUT2D eigenvalue weighted by atomic mass is 16.1. The predicted molar refractivity (Wildman–Crippen MR) is 79.9 cm³/mol. The Hall–Kier alpha value is -1.35. The van der Waals surface area contributed by atoms with E-state index in [0.29, 0.717) is 5.92 Å². The molecule has 0 bridgehead atoms. The zero-order valence-electron chi connectivity index (χ0n) is 12.6. The molecule has 3 atom stereocenters. The summed E-state index contributed by atoms with van der Waals surface area (Å²) in [4.78, 5) is 12.0. The molecule has 1 rings (SSSR count). The van der Waals surface area contributed by atoms with E-state index in [2.05, 4.69) is 43.4 Å². The van der Waals surface area contributed by atoms with Crippen LogP contribution in [-0.4, -0.2) is 11.9 Å². The van der Waals surface area contributed by atoms with Crippen LogP contribution < -0.4 is 11.1 Å². The van der Waals surface area contributed by atoms with Gasteiger partial charge in [-0.3, -0.25) is 4.79 Å². The molecule has 3 unspecified atom stereocenters. The largest absolute Gasteiger partial charge is 0.349 e. The lowest BCUT2D eigenvalue weighted by atomic mass is 9.98. The van der Waals surface area contributed by atoms with Crippen LogP contribution in [-0.2, 0) is 4.79 Å². The van der Waals surface area contributed by atoms with Gasteiger partial charge < -0.3 is 11.1 Å². The number of carbonyl (C=O) groups excluding carboxylic acids is 1. The molecule has 19 heavy (non-hydrogen) atoms. The predicted octanol–water partition coefficient (Wildman–Crippen LogP) is 2.97. The molecule has 0 saturated heterocycles. The molecule has 0 fully saturated rings. The third-order valence-corrected chi connectivity index (χ3v) is 3.66. The van der Waals surface area contributed by atoms with E-state index in [1.165, 1.54) is 5.56 Å². The summed E-state index contributed by atoms with van der Waals surface area (Å²) in [6, 6.07) is 8.29. The highest BCUT2D eigenvalue weighted by Crippen LogP contribution is 2.19. The Morgan fingerprint density at radius 3 is 1.89 bits per heavy atom. The Morgan fingerprint density at radius 1 is 1.00 bits per heavy atom. The number of nitrogens with two attached hydrogens (primary N) is 1. The molecule has 1 amide bonds. The van der Waals surface area contributed by atoms with E-state index in [1.54, 1.807) is 0 Å². The third kappa shape index (κ3) is 4.35. The molecule has 0 spiro atoms. The van der Waals surface area contributed by atoms with Crippen LogP contribution in [0.15, 0.2) is 24.3 Å². The zero-order chi connectivity index (χ0) is 14.6. The van der Waals surface area contributed by atoms with Gasteiger partial charge in [0.05, 0.1) is 6.04 Å². The molecule has 0 saturated carbocycles. The van der Waals surface area contributed by atoms with Gasteiger partial charge in [0.1, 0.15) is 0 Å². The smallest absolute Gasteiger partial charge is 0.224 e. The van der Waals surface area contributed by atoms with Crippen LogP contribution >= 0.6 is 0 Å². The van der Waals surface area contributed by atoms with E-state index in [9.17, 15) is 4.79 Å². The molecular formula is C16H26N2O. The van der Waals surface area contributed by atoms with Crippen molar-refractivity contribution in [1.29, 1.82) is 0 Å². The minimum Gasteiger partial charge on any atom is -0.349 e. The topological polar surface area (TPSA) is 55.1 Å². The number of amides is 1. The van der Waals surface area contributed by atoms with Gasteiger partial charge in [0, 0.05) is 12.0 Å². The Bertz CT molecular complexity index is 409. The van der Waals surface area contributed by atoms with Crippen molar-refractivity contribution in [2.75, 3.05) is 0 Å². The van der Waals surface area contributed by atoms with Crippen molar-refractivity contribution in [1.82, 2.24) is 5.32 Å². The molecular weight excluding hydrogens is 236 g/mol. The number of nitrogens with one attached hydrogen (secondary N) is 1. The molecule has 3 nitrogen and oxygen atoms in total. The van der Waals surface area contributed by atoms with Crippen LogP contribution in [0.25, 0.3) is 0 Å². The molecule has 1 aromatic rings. The van der Waals surface area contributed by atoms with E-state index in [1.807, 2.05) is 20.8 Å². The van der Waals surface area contributed by atoms with Crippen molar-refractivity contribution in [2.24, 2.45) is 11.7 Å². The Morgan fingerprint density at radius 2 is 1.47 bits per heavy atom. The van der Waals surface area contributed by atoms with Crippen molar-refractivity contribution in [3.63, 3.8) is 0 Å². The molecule has 0 aromatic heterocycles. The first-order valence-electron chi connectivity index (χ1n) is 6.98. The highest BCUT2D eigenvalue weighted by molar-refractivity contribution is 5.79. The summed E-state index contributed by atoms with van der Waals surface area (Å²) in [5.74, 6) is 0.366. The molecule has 1 aromatic carbocycles. The maximum absolute atomic E-state index is 12.0. The van der Waals surface area contributed by atoms with Gasteiger partial charge in [0.15, 0.2) is 0 Å². The monoisotopic (exact) mass is 262 g/mol. The number of benzene rings is 1. The fourth-order valence-corrected chi connectivity index (χ4v) is 1.84. The number of rotatable bonds is 5. The first-order valence-corrected chi connectivity index (χ1v) is 6.98. The zero-order valence-corrected chi connectivity index (χ0v) is 12.6. The molecule has 3 N–H and O–H groups in total. The Kier molecular flexibility index (Phi) is 5.55. The van der Waals surface area contributed by atoms with Crippen LogP contribution in [0.1, 0.15) is 57.7 Å². The van der Waals surface area contributed by atoms with E-state index in [-0.39, 0.29) is 23.9 Å². The Balaban J connectivity index is 2.68. The lowest BCUT2D eigenvalue weighted by Crippen LogP contribution is -2.39. The van der Waals surface area contributed by atoms with E-state index >= 15 is 0 Å². The summed E-state index contributed by atoms with van der Waals surface area (Å²) in [6.07, 6.45) is 0. The fourth-order valence-electron chi connectivity index (χ4n) is 1.84. The maximum Gasteiger partial charge on any atom is 0.224 e. The number of hydrogen-bond acceptors (Lipinski definition) is 2. The molecule has 0 aliphatic rings. The summed E-state index contributed by atoms with van der Waals surface area (Å²) in [5, 5.41) is 3.01. The van der Waals surface area contributed by atoms with Crippen LogP contribution in [0.5, 0.6) is 0 Å². The van der Waals surface area contributed by atoms with Crippen molar-refractivity contribution in [3.05, 3.63) is 35.4 Å². The molecule has 0 radical (unpaired) electrons. The molecule has 3 heteroatoms. The van der Waals surface area contributed by atoms with Crippen molar-refractivity contribution in [2.45, 2.75) is 52.6 Å². The fraction of sp³-hybridized carbons (Fsp3) is 0.562. The lowest BCUT2D eigenvalue weighted by Gasteiger charge is -2.20. The summed E-state index contributed by atoms with van der Waals surface area (Å²) in [7, 11) is 0. The summed E-state index contributed by atoms with van der Waals surface area (Å²) in [6.45, 7) is 10.0. The van der Waals surface area contributed by atoms with Gasteiger partial charge in [0.2, 0.25) is 5.91 Å². The number of carbonyl (C=O) groups is 1. The second-order valence-electron chi connectivity index (χ2n) is 5.70. The van der Waals surface area contributed by atoms with Gasteiger partial charge in [-0.15, -0.1) is 0 Å².